The number of halogens is 1. The number of H-pyrrole nitrogens is 1. The Kier molecular flexibility index (Phi) is 5.03. The van der Waals surface area contributed by atoms with E-state index < -0.39 is 16.5 Å². The maximum atomic E-state index is 12.1. The van der Waals surface area contributed by atoms with Gasteiger partial charge in [-0.05, 0) is 37.7 Å². The van der Waals surface area contributed by atoms with Gasteiger partial charge in [0, 0.05) is 19.3 Å². The van der Waals surface area contributed by atoms with Gasteiger partial charge in [-0.2, -0.15) is 0 Å². The van der Waals surface area contributed by atoms with Crippen LogP contribution in [0.3, 0.4) is 0 Å². The summed E-state index contributed by atoms with van der Waals surface area (Å²) in [4.78, 5) is 13.7. The quantitative estimate of drug-likeness (QED) is 0.736. The molecule has 3 rings (SSSR count). The molecular weight excluding hydrogens is 331 g/mol. The highest BCUT2D eigenvalue weighted by molar-refractivity contribution is 7.91. The van der Waals surface area contributed by atoms with Crippen molar-refractivity contribution in [2.75, 3.05) is 30.1 Å². The van der Waals surface area contributed by atoms with Crippen molar-refractivity contribution in [1.82, 2.24) is 15.0 Å². The predicted octanol–water partition coefficient (Wildman–Crippen LogP) is 2.34. The highest BCUT2D eigenvalue weighted by Gasteiger charge is 2.35. The summed E-state index contributed by atoms with van der Waals surface area (Å²) in [7, 11) is -1.08. The maximum Gasteiger partial charge on any atom is 0.150 e. The SMILES string of the molecule is CN(c1ncnc2[nH]ccc12)C1CC(CS(=O)(=O)CCCCF)C1. The van der Waals surface area contributed by atoms with Crippen molar-refractivity contribution in [1.29, 1.82) is 0 Å². The number of aromatic nitrogens is 3. The molecule has 1 fully saturated rings. The molecule has 0 aromatic carbocycles. The first-order valence-electron chi connectivity index (χ1n) is 8.27. The average molecular weight is 354 g/mol. The lowest BCUT2D eigenvalue weighted by Crippen LogP contribution is -2.45. The molecule has 0 spiro atoms. The van der Waals surface area contributed by atoms with Crippen molar-refractivity contribution in [2.45, 2.75) is 31.7 Å². The summed E-state index contributed by atoms with van der Waals surface area (Å²) in [6, 6.07) is 2.25. The highest BCUT2D eigenvalue weighted by atomic mass is 32.2. The second-order valence-electron chi connectivity index (χ2n) is 6.55. The Balaban J connectivity index is 1.55. The summed E-state index contributed by atoms with van der Waals surface area (Å²) in [5.74, 6) is 1.38. The van der Waals surface area contributed by atoms with Gasteiger partial charge in [-0.15, -0.1) is 0 Å². The predicted molar refractivity (Wildman–Crippen MR) is 92.7 cm³/mol. The van der Waals surface area contributed by atoms with E-state index in [-0.39, 0.29) is 17.4 Å². The molecule has 1 aliphatic carbocycles. The normalized spacial score (nSPS) is 20.9. The van der Waals surface area contributed by atoms with Gasteiger partial charge in [-0.3, -0.25) is 4.39 Å². The second kappa shape index (κ2) is 7.04. The van der Waals surface area contributed by atoms with E-state index in [1.165, 1.54) is 6.33 Å². The number of nitrogens with one attached hydrogen (secondary N) is 1. The standard InChI is InChI=1S/C16H23FN4O2S/c1-21(16-14-4-6-18-15(14)19-11-20-16)13-8-12(9-13)10-24(22,23)7-3-2-5-17/h4,6,11-13H,2-3,5,7-10H2,1H3,(H,18,19,20). The number of hydrogen-bond donors (Lipinski definition) is 1. The number of fused-ring (bicyclic) bond motifs is 1. The summed E-state index contributed by atoms with van der Waals surface area (Å²) in [6.07, 6.45) is 5.81. The molecule has 2 heterocycles. The molecule has 8 heteroatoms. The first-order valence-corrected chi connectivity index (χ1v) is 10.1. The average Bonchev–Trinajstić information content (AvgIpc) is 2.98. The summed E-state index contributed by atoms with van der Waals surface area (Å²) in [6.45, 7) is -0.446. The van der Waals surface area contributed by atoms with Crippen LogP contribution in [0.25, 0.3) is 11.0 Å². The number of sulfone groups is 1. The molecule has 0 amide bonds. The molecule has 1 N–H and O–H groups in total. The number of unbranched alkanes of at least 4 members (excludes halogenated alkanes) is 1. The smallest absolute Gasteiger partial charge is 0.150 e. The summed E-state index contributed by atoms with van der Waals surface area (Å²) >= 11 is 0. The molecule has 0 bridgehead atoms. The van der Waals surface area contributed by atoms with Crippen LogP contribution in [-0.4, -0.2) is 54.6 Å². The van der Waals surface area contributed by atoms with Crippen molar-refractivity contribution in [3.8, 4) is 0 Å². The van der Waals surface area contributed by atoms with Crippen LogP contribution < -0.4 is 4.90 Å². The van der Waals surface area contributed by atoms with Gasteiger partial charge >= 0.3 is 0 Å². The van der Waals surface area contributed by atoms with E-state index in [0.29, 0.717) is 18.9 Å². The van der Waals surface area contributed by atoms with Gasteiger partial charge in [-0.25, -0.2) is 18.4 Å². The van der Waals surface area contributed by atoms with Crippen molar-refractivity contribution >= 4 is 26.7 Å². The van der Waals surface area contributed by atoms with Gasteiger partial charge < -0.3 is 9.88 Å². The van der Waals surface area contributed by atoms with Crippen molar-refractivity contribution in [3.63, 3.8) is 0 Å². The van der Waals surface area contributed by atoms with Crippen LogP contribution in [0, 0.1) is 5.92 Å². The lowest BCUT2D eigenvalue weighted by Gasteiger charge is -2.41. The zero-order valence-electron chi connectivity index (χ0n) is 13.8. The molecule has 1 aliphatic rings. The second-order valence-corrected chi connectivity index (χ2v) is 8.78. The Morgan fingerprint density at radius 2 is 2.12 bits per heavy atom. The van der Waals surface area contributed by atoms with Crippen molar-refractivity contribution < 1.29 is 12.8 Å². The summed E-state index contributed by atoms with van der Waals surface area (Å²) in [5, 5.41) is 0.974. The van der Waals surface area contributed by atoms with Gasteiger partial charge in [0.25, 0.3) is 0 Å². The Hall–Kier alpha value is -1.70. The molecule has 1 saturated carbocycles. The lowest BCUT2D eigenvalue weighted by atomic mass is 9.81. The van der Waals surface area contributed by atoms with Crippen LogP contribution in [0.1, 0.15) is 25.7 Å². The fourth-order valence-electron chi connectivity index (χ4n) is 3.32. The fourth-order valence-corrected chi connectivity index (χ4v) is 5.13. The van der Waals surface area contributed by atoms with Crippen LogP contribution >= 0.6 is 0 Å². The lowest BCUT2D eigenvalue weighted by molar-refractivity contribution is 0.282. The molecule has 0 saturated heterocycles. The largest absolute Gasteiger partial charge is 0.356 e. The van der Waals surface area contributed by atoms with Crippen LogP contribution in [0.2, 0.25) is 0 Å². The van der Waals surface area contributed by atoms with Crippen molar-refractivity contribution in [2.24, 2.45) is 5.92 Å². The molecule has 6 nitrogen and oxygen atoms in total. The molecule has 0 radical (unpaired) electrons. The third-order valence-electron chi connectivity index (χ3n) is 4.75. The molecule has 0 aliphatic heterocycles. The molecule has 2 aromatic heterocycles. The van der Waals surface area contributed by atoms with E-state index in [9.17, 15) is 12.8 Å². The minimum atomic E-state index is -3.07. The van der Waals surface area contributed by atoms with Gasteiger partial charge in [-0.1, -0.05) is 0 Å². The van der Waals surface area contributed by atoms with Gasteiger partial charge in [0.1, 0.15) is 17.8 Å². The van der Waals surface area contributed by atoms with E-state index in [4.69, 9.17) is 0 Å². The van der Waals surface area contributed by atoms with Crippen molar-refractivity contribution in [3.05, 3.63) is 18.6 Å². The molecule has 0 atom stereocenters. The number of rotatable bonds is 8. The number of hydrogen-bond acceptors (Lipinski definition) is 5. The topological polar surface area (TPSA) is 79.0 Å². The minimum Gasteiger partial charge on any atom is -0.356 e. The van der Waals surface area contributed by atoms with Crippen LogP contribution in [-0.2, 0) is 9.84 Å². The third-order valence-corrected chi connectivity index (χ3v) is 6.64. The summed E-state index contributed by atoms with van der Waals surface area (Å²) < 4.78 is 36.2. The van der Waals surface area contributed by atoms with Crippen LogP contribution in [0.4, 0.5) is 10.2 Å². The zero-order chi connectivity index (χ0) is 17.2. The summed E-state index contributed by atoms with van der Waals surface area (Å²) in [5.41, 5.74) is 0.804. The molecule has 132 valence electrons. The van der Waals surface area contributed by atoms with E-state index in [0.717, 1.165) is 29.7 Å². The highest BCUT2D eigenvalue weighted by Crippen LogP contribution is 2.35. The first kappa shape index (κ1) is 17.1. The fraction of sp³-hybridized carbons (Fsp3) is 0.625. The van der Waals surface area contributed by atoms with E-state index in [1.807, 2.05) is 19.3 Å². The Labute approximate surface area is 141 Å². The Morgan fingerprint density at radius 3 is 2.88 bits per heavy atom. The molecular formula is C16H23FN4O2S. The Bertz CT molecular complexity index is 786. The third kappa shape index (κ3) is 3.68. The first-order chi connectivity index (χ1) is 11.5. The number of nitrogens with zero attached hydrogens (tertiary/aromatic N) is 3. The zero-order valence-corrected chi connectivity index (χ0v) is 14.6. The van der Waals surface area contributed by atoms with Gasteiger partial charge in [0.2, 0.25) is 0 Å². The molecule has 2 aromatic rings. The minimum absolute atomic E-state index is 0.101. The number of aromatic amines is 1. The maximum absolute atomic E-state index is 12.1. The van der Waals surface area contributed by atoms with Crippen LogP contribution in [0.5, 0.6) is 0 Å². The number of alkyl halides is 1. The number of anilines is 1. The van der Waals surface area contributed by atoms with E-state index in [1.54, 1.807) is 0 Å². The monoisotopic (exact) mass is 354 g/mol. The van der Waals surface area contributed by atoms with Gasteiger partial charge in [0.15, 0.2) is 9.84 Å². The Morgan fingerprint density at radius 1 is 1.33 bits per heavy atom. The van der Waals surface area contributed by atoms with Crippen LogP contribution in [0.15, 0.2) is 18.6 Å². The van der Waals surface area contributed by atoms with Gasteiger partial charge in [0.05, 0.1) is 23.6 Å². The molecule has 24 heavy (non-hydrogen) atoms. The molecule has 0 unspecified atom stereocenters. The van der Waals surface area contributed by atoms with E-state index in [2.05, 4.69) is 19.9 Å². The van der Waals surface area contributed by atoms with E-state index >= 15 is 0 Å².